The lowest BCUT2D eigenvalue weighted by Crippen LogP contribution is -2.14. The lowest BCUT2D eigenvalue weighted by Gasteiger charge is -2.12. The highest BCUT2D eigenvalue weighted by Crippen LogP contribution is 2.28. The maximum Gasteiger partial charge on any atom is 0.266 e. The van der Waals surface area contributed by atoms with Crippen molar-refractivity contribution in [1.29, 1.82) is 5.26 Å². The van der Waals surface area contributed by atoms with Crippen molar-refractivity contribution in [3.05, 3.63) is 112 Å². The van der Waals surface area contributed by atoms with E-state index in [9.17, 15) is 10.1 Å². The van der Waals surface area contributed by atoms with Crippen LogP contribution in [-0.2, 0) is 17.8 Å². The van der Waals surface area contributed by atoms with Crippen LogP contribution in [0, 0.1) is 11.3 Å². The van der Waals surface area contributed by atoms with Gasteiger partial charge >= 0.3 is 0 Å². The monoisotopic (exact) mass is 466 g/mol. The van der Waals surface area contributed by atoms with E-state index < -0.39 is 5.91 Å². The third-order valence-corrected chi connectivity index (χ3v) is 5.78. The van der Waals surface area contributed by atoms with Crippen LogP contribution in [0.1, 0.15) is 23.6 Å². The van der Waals surface area contributed by atoms with Crippen LogP contribution < -0.4 is 10.1 Å². The first kappa shape index (κ1) is 23.1. The summed E-state index contributed by atoms with van der Waals surface area (Å²) in [6.45, 7) is 2.35. The summed E-state index contributed by atoms with van der Waals surface area (Å²) in [5.41, 5.74) is 3.24. The van der Waals surface area contributed by atoms with Gasteiger partial charge in [-0.3, -0.25) is 4.79 Å². The molecule has 0 saturated carbocycles. The van der Waals surface area contributed by atoms with Crippen molar-refractivity contribution < 1.29 is 9.53 Å². The zero-order valence-corrected chi connectivity index (χ0v) is 19.5. The van der Waals surface area contributed by atoms with Crippen molar-refractivity contribution in [2.45, 2.75) is 20.0 Å². The average Bonchev–Trinajstić information content (AvgIpc) is 2.87. The molecule has 34 heavy (non-hydrogen) atoms. The van der Waals surface area contributed by atoms with Gasteiger partial charge in [0.25, 0.3) is 5.91 Å². The summed E-state index contributed by atoms with van der Waals surface area (Å²) in [5, 5.41) is 15.3. The number of ether oxygens (including phenoxy) is 1. The van der Waals surface area contributed by atoms with Crippen molar-refractivity contribution in [3.63, 3.8) is 0 Å². The highest BCUT2D eigenvalue weighted by molar-refractivity contribution is 6.30. The molecule has 5 heteroatoms. The van der Waals surface area contributed by atoms with Crippen LogP contribution >= 0.6 is 11.6 Å². The van der Waals surface area contributed by atoms with Gasteiger partial charge in [0.1, 0.15) is 24.0 Å². The first-order valence-corrected chi connectivity index (χ1v) is 11.4. The number of halogens is 1. The molecular weight excluding hydrogens is 444 g/mol. The molecule has 4 rings (SSSR count). The number of amides is 1. The van der Waals surface area contributed by atoms with Crippen LogP contribution in [0.25, 0.3) is 16.8 Å². The zero-order chi connectivity index (χ0) is 23.9. The summed E-state index contributed by atoms with van der Waals surface area (Å²) >= 11 is 6.22. The third kappa shape index (κ3) is 5.28. The molecule has 1 amide bonds. The molecular formula is C29H23ClN2O2. The number of para-hydroxylation sites is 1. The number of anilines is 1. The number of nitrogens with one attached hydrogen (secondary N) is 1. The molecule has 4 nitrogen and oxygen atoms in total. The van der Waals surface area contributed by atoms with Gasteiger partial charge in [0.2, 0.25) is 0 Å². The Balaban J connectivity index is 1.60. The minimum Gasteiger partial charge on any atom is -0.488 e. The molecule has 0 heterocycles. The number of aryl methyl sites for hydroxylation is 1. The largest absolute Gasteiger partial charge is 0.488 e. The molecule has 0 unspecified atom stereocenters. The van der Waals surface area contributed by atoms with Crippen molar-refractivity contribution >= 4 is 40.0 Å². The second-order valence-corrected chi connectivity index (χ2v) is 8.18. The van der Waals surface area contributed by atoms with E-state index in [-0.39, 0.29) is 5.57 Å². The summed E-state index contributed by atoms with van der Waals surface area (Å²) in [6.07, 6.45) is 2.27. The van der Waals surface area contributed by atoms with Crippen LogP contribution in [0.3, 0.4) is 0 Å². The minimum absolute atomic E-state index is 0.0387. The lowest BCUT2D eigenvalue weighted by molar-refractivity contribution is -0.112. The smallest absolute Gasteiger partial charge is 0.266 e. The fourth-order valence-electron chi connectivity index (χ4n) is 3.78. The molecule has 1 N–H and O–H groups in total. The van der Waals surface area contributed by atoms with Gasteiger partial charge in [-0.2, -0.15) is 5.26 Å². The molecule has 0 aliphatic carbocycles. The van der Waals surface area contributed by atoms with E-state index in [0.717, 1.165) is 28.3 Å². The predicted molar refractivity (Wildman–Crippen MR) is 138 cm³/mol. The SMILES string of the molecule is CCc1ccccc1NC(=O)/C(C#N)=C/c1cc(Cl)ccc1OCc1cccc2ccccc12. The Kier molecular flexibility index (Phi) is 7.27. The van der Waals surface area contributed by atoms with Gasteiger partial charge in [0, 0.05) is 16.3 Å². The first-order chi connectivity index (χ1) is 16.6. The molecule has 168 valence electrons. The van der Waals surface area contributed by atoms with Gasteiger partial charge in [-0.25, -0.2) is 0 Å². The van der Waals surface area contributed by atoms with Crippen LogP contribution in [-0.4, -0.2) is 5.91 Å². The van der Waals surface area contributed by atoms with Gasteiger partial charge in [-0.15, -0.1) is 0 Å². The number of carbonyl (C=O) groups excluding carboxylic acids is 1. The van der Waals surface area contributed by atoms with Crippen molar-refractivity contribution in [3.8, 4) is 11.8 Å². The zero-order valence-electron chi connectivity index (χ0n) is 18.7. The summed E-state index contributed by atoms with van der Waals surface area (Å²) in [7, 11) is 0. The van der Waals surface area contributed by atoms with Crippen LogP contribution in [0.4, 0.5) is 5.69 Å². The van der Waals surface area contributed by atoms with Crippen molar-refractivity contribution in [2.75, 3.05) is 5.32 Å². The normalized spacial score (nSPS) is 11.1. The Morgan fingerprint density at radius 1 is 1.00 bits per heavy atom. The molecule has 4 aromatic carbocycles. The molecule has 0 bridgehead atoms. The summed E-state index contributed by atoms with van der Waals surface area (Å²) < 4.78 is 6.12. The van der Waals surface area contributed by atoms with E-state index >= 15 is 0 Å². The summed E-state index contributed by atoms with van der Waals surface area (Å²) in [5.74, 6) is 0.0511. The Morgan fingerprint density at radius 3 is 2.56 bits per heavy atom. The standard InChI is InChI=1S/C29H23ClN2O2/c1-2-20-8-4-6-13-27(20)32-29(33)24(18-31)16-23-17-25(30)14-15-28(23)34-19-22-11-7-10-21-9-3-5-12-26(21)22/h3-17H,2,19H2,1H3,(H,32,33)/b24-16+. The summed E-state index contributed by atoms with van der Waals surface area (Å²) in [6, 6.07) is 28.9. The Bertz CT molecular complexity index is 1410. The fraction of sp³-hybridized carbons (Fsp3) is 0.103. The van der Waals surface area contributed by atoms with E-state index in [2.05, 4.69) is 23.5 Å². The second kappa shape index (κ2) is 10.7. The predicted octanol–water partition coefficient (Wildman–Crippen LogP) is 7.18. The van der Waals surface area contributed by atoms with Gasteiger partial charge in [0.05, 0.1) is 0 Å². The molecule has 0 fully saturated rings. The van der Waals surface area contributed by atoms with E-state index in [0.29, 0.717) is 28.6 Å². The maximum atomic E-state index is 12.9. The Labute approximate surface area is 204 Å². The van der Waals surface area contributed by atoms with Gasteiger partial charge in [-0.1, -0.05) is 79.2 Å². The van der Waals surface area contributed by atoms with E-state index in [1.807, 2.05) is 61.5 Å². The van der Waals surface area contributed by atoms with Gasteiger partial charge in [-0.05, 0) is 58.7 Å². The molecule has 0 saturated heterocycles. The van der Waals surface area contributed by atoms with Crippen LogP contribution in [0.5, 0.6) is 5.75 Å². The number of rotatable bonds is 7. The van der Waals surface area contributed by atoms with Crippen molar-refractivity contribution in [1.82, 2.24) is 0 Å². The number of nitrogens with zero attached hydrogens (tertiary/aromatic N) is 1. The number of benzene rings is 4. The number of nitriles is 1. The second-order valence-electron chi connectivity index (χ2n) is 7.74. The Morgan fingerprint density at radius 2 is 1.74 bits per heavy atom. The lowest BCUT2D eigenvalue weighted by atomic mass is 10.1. The highest BCUT2D eigenvalue weighted by Gasteiger charge is 2.14. The number of hydrogen-bond donors (Lipinski definition) is 1. The fourth-order valence-corrected chi connectivity index (χ4v) is 3.96. The van der Waals surface area contributed by atoms with Crippen molar-refractivity contribution in [2.24, 2.45) is 0 Å². The van der Waals surface area contributed by atoms with Gasteiger partial charge in [0.15, 0.2) is 0 Å². The molecule has 4 aromatic rings. The molecule has 0 atom stereocenters. The first-order valence-electron chi connectivity index (χ1n) is 11.0. The van der Waals surface area contributed by atoms with Crippen LogP contribution in [0.15, 0.2) is 90.5 Å². The van der Waals surface area contributed by atoms with E-state index in [1.165, 1.54) is 6.08 Å². The molecule has 0 aliphatic heterocycles. The van der Waals surface area contributed by atoms with E-state index in [4.69, 9.17) is 16.3 Å². The average molecular weight is 467 g/mol. The topological polar surface area (TPSA) is 62.1 Å². The highest BCUT2D eigenvalue weighted by atomic mass is 35.5. The van der Waals surface area contributed by atoms with Crippen LogP contribution in [0.2, 0.25) is 5.02 Å². The number of hydrogen-bond acceptors (Lipinski definition) is 3. The quantitative estimate of drug-likeness (QED) is 0.232. The number of carbonyl (C=O) groups is 1. The molecule has 0 aromatic heterocycles. The summed E-state index contributed by atoms with van der Waals surface area (Å²) in [4.78, 5) is 12.9. The Hall–Kier alpha value is -4.07. The molecule has 0 spiro atoms. The number of fused-ring (bicyclic) bond motifs is 1. The molecule has 0 aliphatic rings. The van der Waals surface area contributed by atoms with E-state index in [1.54, 1.807) is 18.2 Å². The molecule has 0 radical (unpaired) electrons. The maximum absolute atomic E-state index is 12.9. The van der Waals surface area contributed by atoms with Gasteiger partial charge < -0.3 is 10.1 Å². The minimum atomic E-state index is -0.483. The third-order valence-electron chi connectivity index (χ3n) is 5.55.